The Balaban J connectivity index is 1.65. The molecule has 0 aliphatic carbocycles. The molecule has 0 saturated carbocycles. The van der Waals surface area contributed by atoms with E-state index in [1.807, 2.05) is 18.8 Å². The molecule has 1 aliphatic rings. The van der Waals surface area contributed by atoms with Gasteiger partial charge in [0.2, 0.25) is 5.95 Å². The fraction of sp³-hybridized carbons (Fsp3) is 0.583. The molecule has 0 bridgehead atoms. The van der Waals surface area contributed by atoms with E-state index >= 15 is 0 Å². The summed E-state index contributed by atoms with van der Waals surface area (Å²) in [6.45, 7) is 4.28. The van der Waals surface area contributed by atoms with Crippen LogP contribution >= 0.6 is 11.8 Å². The Morgan fingerprint density at radius 2 is 2.20 bits per heavy atom. The highest BCUT2D eigenvalue weighted by atomic mass is 32.2. The molecule has 0 spiro atoms. The zero-order valence-electron chi connectivity index (χ0n) is 11.5. The molecular weight excluding hydrogens is 274 g/mol. The van der Waals surface area contributed by atoms with Crippen molar-refractivity contribution in [3.63, 3.8) is 0 Å². The Hall–Kier alpha value is -1.54. The molecule has 0 aromatic carbocycles. The first-order chi connectivity index (χ1) is 9.86. The minimum Gasteiger partial charge on any atom is -0.368 e. The maximum Gasteiger partial charge on any atom is 0.226 e. The number of rotatable bonds is 5. The van der Waals surface area contributed by atoms with Crippen molar-refractivity contribution >= 4 is 34.6 Å². The lowest BCUT2D eigenvalue weighted by Crippen LogP contribution is -2.36. The second-order valence-electron chi connectivity index (χ2n) is 4.66. The summed E-state index contributed by atoms with van der Waals surface area (Å²) in [4.78, 5) is 11.3. The molecule has 1 aliphatic heterocycles. The highest BCUT2D eigenvalue weighted by Crippen LogP contribution is 2.19. The summed E-state index contributed by atoms with van der Waals surface area (Å²) in [5.41, 5.74) is 0.751. The van der Waals surface area contributed by atoms with Crippen molar-refractivity contribution in [1.29, 1.82) is 0 Å². The monoisotopic (exact) mass is 293 g/mol. The molecule has 3 N–H and O–H groups in total. The van der Waals surface area contributed by atoms with Gasteiger partial charge in [0.15, 0.2) is 5.65 Å². The van der Waals surface area contributed by atoms with Crippen LogP contribution in [0.15, 0.2) is 6.20 Å². The number of hydrogen-bond acceptors (Lipinski definition) is 7. The van der Waals surface area contributed by atoms with E-state index in [4.69, 9.17) is 0 Å². The van der Waals surface area contributed by atoms with Gasteiger partial charge in [-0.1, -0.05) is 0 Å². The topological polar surface area (TPSA) is 81.8 Å². The molecule has 20 heavy (non-hydrogen) atoms. The average molecular weight is 293 g/mol. The molecule has 1 fully saturated rings. The number of nitrogens with one attached hydrogen (secondary N) is 3. The maximum absolute atomic E-state index is 4.46. The number of nitrogens with zero attached hydrogens (tertiary/aromatic N) is 4. The second-order valence-corrected chi connectivity index (χ2v) is 5.88. The number of hydrogen-bond donors (Lipinski definition) is 3. The lowest BCUT2D eigenvalue weighted by Gasteiger charge is -2.26. The van der Waals surface area contributed by atoms with Gasteiger partial charge in [0.1, 0.15) is 5.82 Å². The normalized spacial score (nSPS) is 16.4. The molecule has 1 saturated heterocycles. The third-order valence-corrected chi connectivity index (χ3v) is 4.30. The third-order valence-electron chi connectivity index (χ3n) is 3.36. The number of thioether (sulfide) groups is 1. The van der Waals surface area contributed by atoms with E-state index in [0.29, 0.717) is 5.95 Å². The highest BCUT2D eigenvalue weighted by Gasteiger charge is 2.11. The minimum absolute atomic E-state index is 0.596. The van der Waals surface area contributed by atoms with Crippen molar-refractivity contribution < 1.29 is 0 Å². The highest BCUT2D eigenvalue weighted by molar-refractivity contribution is 7.99. The van der Waals surface area contributed by atoms with Gasteiger partial charge in [0.05, 0.1) is 11.6 Å². The van der Waals surface area contributed by atoms with E-state index in [0.717, 1.165) is 29.9 Å². The van der Waals surface area contributed by atoms with Crippen LogP contribution in [0.2, 0.25) is 0 Å². The van der Waals surface area contributed by atoms with Gasteiger partial charge in [-0.05, 0) is 0 Å². The summed E-state index contributed by atoms with van der Waals surface area (Å²) in [6, 6.07) is 0. The van der Waals surface area contributed by atoms with Crippen molar-refractivity contribution in [2.75, 3.05) is 55.4 Å². The van der Waals surface area contributed by atoms with Crippen molar-refractivity contribution in [1.82, 2.24) is 25.1 Å². The molecule has 108 valence electrons. The first kappa shape index (κ1) is 13.4. The summed E-state index contributed by atoms with van der Waals surface area (Å²) >= 11 is 2.03. The van der Waals surface area contributed by atoms with Gasteiger partial charge in [-0.2, -0.15) is 26.8 Å². The van der Waals surface area contributed by atoms with Crippen LogP contribution in [0, 0.1) is 0 Å². The summed E-state index contributed by atoms with van der Waals surface area (Å²) in [7, 11) is 1.81. The standard InChI is InChI=1S/C12H19N7S/c1-13-12-16-10(9-8-15-18-11(9)17-12)14-2-3-19-4-6-20-7-5-19/h8H,2-7H2,1H3,(H3,13,14,15,16,17,18). The molecule has 8 heteroatoms. The molecule has 0 radical (unpaired) electrons. The number of fused-ring (bicyclic) bond motifs is 1. The first-order valence-corrected chi connectivity index (χ1v) is 7.95. The maximum atomic E-state index is 4.46. The predicted octanol–water partition coefficient (Wildman–Crippen LogP) is 0.855. The van der Waals surface area contributed by atoms with Crippen molar-refractivity contribution in [3.8, 4) is 0 Å². The summed E-state index contributed by atoms with van der Waals surface area (Å²) < 4.78 is 0. The Kier molecular flexibility index (Phi) is 4.22. The van der Waals surface area contributed by atoms with Crippen molar-refractivity contribution in [2.45, 2.75) is 0 Å². The predicted molar refractivity (Wildman–Crippen MR) is 83.5 cm³/mol. The van der Waals surface area contributed by atoms with Gasteiger partial charge in [-0.15, -0.1) is 0 Å². The fourth-order valence-electron chi connectivity index (χ4n) is 2.24. The lowest BCUT2D eigenvalue weighted by molar-refractivity contribution is 0.314. The zero-order valence-corrected chi connectivity index (χ0v) is 12.3. The van der Waals surface area contributed by atoms with Crippen LogP contribution in [-0.4, -0.2) is 69.8 Å². The van der Waals surface area contributed by atoms with E-state index in [-0.39, 0.29) is 0 Å². The molecule has 2 aromatic rings. The van der Waals surface area contributed by atoms with Crippen LogP contribution in [0.4, 0.5) is 11.8 Å². The molecule has 2 aromatic heterocycles. The Morgan fingerprint density at radius 3 is 3.00 bits per heavy atom. The SMILES string of the molecule is CNc1nc(NCCN2CCSCC2)c2cn[nH]c2n1. The van der Waals surface area contributed by atoms with E-state index in [9.17, 15) is 0 Å². The van der Waals surface area contributed by atoms with Crippen LogP contribution in [-0.2, 0) is 0 Å². The third kappa shape index (κ3) is 2.96. The molecule has 0 unspecified atom stereocenters. The Labute approximate surface area is 121 Å². The zero-order chi connectivity index (χ0) is 13.8. The van der Waals surface area contributed by atoms with Crippen LogP contribution in [0.3, 0.4) is 0 Å². The second kappa shape index (κ2) is 6.27. The van der Waals surface area contributed by atoms with E-state index in [1.54, 1.807) is 6.20 Å². The van der Waals surface area contributed by atoms with Crippen LogP contribution in [0.1, 0.15) is 0 Å². The number of H-pyrrole nitrogens is 1. The molecule has 0 amide bonds. The number of aromatic amines is 1. The van der Waals surface area contributed by atoms with Gasteiger partial charge in [-0.25, -0.2) is 0 Å². The molecule has 3 heterocycles. The summed E-state index contributed by atoms with van der Waals surface area (Å²) in [5, 5.41) is 14.2. The van der Waals surface area contributed by atoms with Gasteiger partial charge < -0.3 is 10.6 Å². The van der Waals surface area contributed by atoms with E-state index in [2.05, 4.69) is 35.7 Å². The average Bonchev–Trinajstić information content (AvgIpc) is 2.96. The molecule has 7 nitrogen and oxygen atoms in total. The van der Waals surface area contributed by atoms with E-state index < -0.39 is 0 Å². The molecule has 0 atom stereocenters. The van der Waals surface area contributed by atoms with Crippen LogP contribution in [0.5, 0.6) is 0 Å². The van der Waals surface area contributed by atoms with Crippen molar-refractivity contribution in [3.05, 3.63) is 6.20 Å². The minimum atomic E-state index is 0.596. The van der Waals surface area contributed by atoms with Gasteiger partial charge in [0.25, 0.3) is 0 Å². The molecular formula is C12H19N7S. The van der Waals surface area contributed by atoms with Crippen LogP contribution < -0.4 is 10.6 Å². The smallest absolute Gasteiger partial charge is 0.226 e. The van der Waals surface area contributed by atoms with Gasteiger partial charge in [-0.3, -0.25) is 10.00 Å². The Bertz CT molecular complexity index is 564. The quantitative estimate of drug-likeness (QED) is 0.754. The van der Waals surface area contributed by atoms with Gasteiger partial charge in [0, 0.05) is 44.7 Å². The molecule has 3 rings (SSSR count). The first-order valence-electron chi connectivity index (χ1n) is 6.79. The summed E-state index contributed by atoms with van der Waals surface area (Å²) in [6.07, 6.45) is 1.76. The number of anilines is 2. The van der Waals surface area contributed by atoms with E-state index in [1.165, 1.54) is 24.6 Å². The fourth-order valence-corrected chi connectivity index (χ4v) is 3.22. The van der Waals surface area contributed by atoms with Crippen molar-refractivity contribution in [2.24, 2.45) is 0 Å². The number of aromatic nitrogens is 4. The van der Waals surface area contributed by atoms with Gasteiger partial charge >= 0.3 is 0 Å². The lowest BCUT2D eigenvalue weighted by atomic mass is 10.4. The summed E-state index contributed by atoms with van der Waals surface area (Å²) in [5.74, 6) is 3.91. The largest absolute Gasteiger partial charge is 0.368 e. The van der Waals surface area contributed by atoms with Crippen LogP contribution in [0.25, 0.3) is 11.0 Å². The Morgan fingerprint density at radius 1 is 1.35 bits per heavy atom.